The van der Waals surface area contributed by atoms with E-state index in [4.69, 9.17) is 4.74 Å². The molecule has 0 spiro atoms. The van der Waals surface area contributed by atoms with E-state index in [-0.39, 0.29) is 37.0 Å². The molecule has 0 atom stereocenters. The Labute approximate surface area is 140 Å². The molecule has 2 amide bonds. The zero-order chi connectivity index (χ0) is 17.7. The number of carbonyl (C=O) groups is 3. The fourth-order valence-corrected chi connectivity index (χ4v) is 2.14. The molecule has 1 aliphatic rings. The minimum absolute atomic E-state index is 0.127. The minimum Gasteiger partial charge on any atom is -0.451 e. The molecule has 0 unspecified atom stereocenters. The van der Waals surface area contributed by atoms with Gasteiger partial charge in [0.05, 0.1) is 5.69 Å². The summed E-state index contributed by atoms with van der Waals surface area (Å²) in [5, 5.41) is 7.97. The summed E-state index contributed by atoms with van der Waals surface area (Å²) in [7, 11) is 0. The number of benzene rings is 1. The first-order chi connectivity index (χ1) is 11.3. The minimum atomic E-state index is -0.688. The largest absolute Gasteiger partial charge is 0.451 e. The number of carbonyl (C=O) groups excluding carboxylic acids is 3. The molecule has 1 aromatic rings. The van der Waals surface area contributed by atoms with E-state index in [0.29, 0.717) is 5.69 Å². The van der Waals surface area contributed by atoms with E-state index in [1.807, 2.05) is 26.8 Å². The Morgan fingerprint density at radius 1 is 1.21 bits per heavy atom. The van der Waals surface area contributed by atoms with Gasteiger partial charge in [-0.05, 0) is 32.9 Å². The number of para-hydroxylation sites is 1. The lowest BCUT2D eigenvalue weighted by Crippen LogP contribution is -2.43. The number of hydrazone groups is 1. The molecule has 1 aliphatic heterocycles. The first kappa shape index (κ1) is 17.7. The summed E-state index contributed by atoms with van der Waals surface area (Å²) in [6, 6.07) is 8.84. The first-order valence-electron chi connectivity index (χ1n) is 7.70. The van der Waals surface area contributed by atoms with Gasteiger partial charge in [-0.15, -0.1) is 0 Å². The molecule has 0 aromatic heterocycles. The van der Waals surface area contributed by atoms with Crippen LogP contribution >= 0.6 is 0 Å². The highest BCUT2D eigenvalue weighted by molar-refractivity contribution is 6.38. The Bertz CT molecular complexity index is 662. The molecule has 128 valence electrons. The average molecular weight is 331 g/mol. The number of nitrogens with one attached hydrogen (secondary N) is 1. The summed E-state index contributed by atoms with van der Waals surface area (Å²) in [5.74, 6) is -1.26. The van der Waals surface area contributed by atoms with E-state index in [9.17, 15) is 14.4 Å². The number of esters is 1. The number of hydrogen-bond acceptors (Lipinski definition) is 5. The van der Waals surface area contributed by atoms with Gasteiger partial charge in [-0.3, -0.25) is 9.59 Å². The molecule has 0 saturated carbocycles. The van der Waals surface area contributed by atoms with Crippen LogP contribution in [0.4, 0.5) is 5.69 Å². The zero-order valence-electron chi connectivity index (χ0n) is 14.0. The molecule has 1 heterocycles. The van der Waals surface area contributed by atoms with Crippen molar-refractivity contribution in [2.45, 2.75) is 39.2 Å². The van der Waals surface area contributed by atoms with Crippen LogP contribution in [0.5, 0.6) is 0 Å². The monoisotopic (exact) mass is 331 g/mol. The lowest BCUT2D eigenvalue weighted by molar-refractivity contribution is -0.142. The van der Waals surface area contributed by atoms with Crippen molar-refractivity contribution in [3.63, 3.8) is 0 Å². The SMILES string of the molecule is CC(C)(C)NC(=O)COC(=O)C1=NN(c2ccccc2)C(=O)CC1. The van der Waals surface area contributed by atoms with Crippen LogP contribution in [0.25, 0.3) is 0 Å². The van der Waals surface area contributed by atoms with Gasteiger partial charge in [-0.2, -0.15) is 5.10 Å². The van der Waals surface area contributed by atoms with Crippen molar-refractivity contribution in [1.82, 2.24) is 5.32 Å². The molecule has 0 saturated heterocycles. The summed E-state index contributed by atoms with van der Waals surface area (Å²) < 4.78 is 4.99. The van der Waals surface area contributed by atoms with Crippen LogP contribution in [-0.4, -0.2) is 35.6 Å². The molecule has 7 nitrogen and oxygen atoms in total. The predicted molar refractivity (Wildman–Crippen MR) is 89.5 cm³/mol. The van der Waals surface area contributed by atoms with E-state index in [1.54, 1.807) is 24.3 Å². The van der Waals surface area contributed by atoms with Crippen molar-refractivity contribution < 1.29 is 19.1 Å². The maximum atomic E-state index is 12.1. The quantitative estimate of drug-likeness (QED) is 0.849. The number of ether oxygens (including phenoxy) is 1. The maximum absolute atomic E-state index is 12.1. The smallest absolute Gasteiger partial charge is 0.355 e. The van der Waals surface area contributed by atoms with Gasteiger partial charge in [0.25, 0.3) is 5.91 Å². The standard InChI is InChI=1S/C17H21N3O4/c1-17(2,3)18-14(21)11-24-16(23)13-9-10-15(22)20(19-13)12-7-5-4-6-8-12/h4-8H,9-11H2,1-3H3,(H,18,21). The van der Waals surface area contributed by atoms with Gasteiger partial charge < -0.3 is 10.1 Å². The topological polar surface area (TPSA) is 88.1 Å². The summed E-state index contributed by atoms with van der Waals surface area (Å²) in [6.45, 7) is 5.12. The van der Waals surface area contributed by atoms with Crippen molar-refractivity contribution in [3.05, 3.63) is 30.3 Å². The molecular formula is C17H21N3O4. The van der Waals surface area contributed by atoms with E-state index in [0.717, 1.165) is 0 Å². The van der Waals surface area contributed by atoms with Crippen molar-refractivity contribution in [3.8, 4) is 0 Å². The molecule has 1 aromatic carbocycles. The van der Waals surface area contributed by atoms with Crippen LogP contribution in [0.2, 0.25) is 0 Å². The van der Waals surface area contributed by atoms with E-state index < -0.39 is 11.5 Å². The second-order valence-corrected chi connectivity index (χ2v) is 6.46. The first-order valence-corrected chi connectivity index (χ1v) is 7.70. The molecule has 0 fully saturated rings. The maximum Gasteiger partial charge on any atom is 0.355 e. The van der Waals surface area contributed by atoms with Crippen LogP contribution < -0.4 is 10.3 Å². The fraction of sp³-hybridized carbons (Fsp3) is 0.412. The van der Waals surface area contributed by atoms with Gasteiger partial charge in [0.1, 0.15) is 5.71 Å². The fourth-order valence-electron chi connectivity index (χ4n) is 2.14. The third-order valence-electron chi connectivity index (χ3n) is 3.12. The Hall–Kier alpha value is -2.70. The average Bonchev–Trinajstić information content (AvgIpc) is 2.52. The number of hydrogen-bond donors (Lipinski definition) is 1. The summed E-state index contributed by atoms with van der Waals surface area (Å²) >= 11 is 0. The van der Waals surface area contributed by atoms with Gasteiger partial charge in [0, 0.05) is 18.4 Å². The number of rotatable bonds is 4. The molecule has 7 heteroatoms. The van der Waals surface area contributed by atoms with Gasteiger partial charge in [0.2, 0.25) is 5.91 Å². The molecular weight excluding hydrogens is 310 g/mol. The van der Waals surface area contributed by atoms with Crippen molar-refractivity contribution in [1.29, 1.82) is 0 Å². The van der Waals surface area contributed by atoms with Crippen LogP contribution in [0.1, 0.15) is 33.6 Å². The van der Waals surface area contributed by atoms with Crippen LogP contribution in [0, 0.1) is 0 Å². The number of amides is 2. The van der Waals surface area contributed by atoms with E-state index in [1.165, 1.54) is 5.01 Å². The molecule has 0 radical (unpaired) electrons. The second kappa shape index (κ2) is 7.25. The van der Waals surface area contributed by atoms with Gasteiger partial charge >= 0.3 is 5.97 Å². The Morgan fingerprint density at radius 2 is 1.88 bits per heavy atom. The highest BCUT2D eigenvalue weighted by Gasteiger charge is 2.27. The predicted octanol–water partition coefficient (Wildman–Crippen LogP) is 1.63. The number of nitrogens with zero attached hydrogens (tertiary/aromatic N) is 2. The Balaban J connectivity index is 2.01. The second-order valence-electron chi connectivity index (χ2n) is 6.46. The third kappa shape index (κ3) is 4.91. The molecule has 0 aliphatic carbocycles. The van der Waals surface area contributed by atoms with Crippen LogP contribution in [0.15, 0.2) is 35.4 Å². The molecule has 2 rings (SSSR count). The summed E-state index contributed by atoms with van der Waals surface area (Å²) in [6.07, 6.45) is 0.360. The molecule has 24 heavy (non-hydrogen) atoms. The van der Waals surface area contributed by atoms with Crippen molar-refractivity contribution in [2.24, 2.45) is 5.10 Å². The lowest BCUT2D eigenvalue weighted by atomic mass is 10.1. The molecule has 0 bridgehead atoms. The van der Waals surface area contributed by atoms with Crippen molar-refractivity contribution in [2.75, 3.05) is 11.6 Å². The highest BCUT2D eigenvalue weighted by atomic mass is 16.5. The lowest BCUT2D eigenvalue weighted by Gasteiger charge is -2.23. The van der Waals surface area contributed by atoms with Crippen LogP contribution in [0.3, 0.4) is 0 Å². The summed E-state index contributed by atoms with van der Waals surface area (Å²) in [4.78, 5) is 35.8. The van der Waals surface area contributed by atoms with E-state index in [2.05, 4.69) is 10.4 Å². The zero-order valence-corrected chi connectivity index (χ0v) is 14.0. The van der Waals surface area contributed by atoms with E-state index >= 15 is 0 Å². The Kier molecular flexibility index (Phi) is 5.33. The van der Waals surface area contributed by atoms with Gasteiger partial charge in [-0.1, -0.05) is 18.2 Å². The van der Waals surface area contributed by atoms with Crippen LogP contribution in [-0.2, 0) is 19.1 Å². The van der Waals surface area contributed by atoms with Crippen molar-refractivity contribution >= 4 is 29.2 Å². The number of anilines is 1. The Morgan fingerprint density at radius 3 is 2.50 bits per heavy atom. The third-order valence-corrected chi connectivity index (χ3v) is 3.12. The normalized spacial score (nSPS) is 14.9. The summed E-state index contributed by atoms with van der Waals surface area (Å²) in [5.41, 5.74) is 0.308. The van der Waals surface area contributed by atoms with Gasteiger partial charge in [0.15, 0.2) is 6.61 Å². The van der Waals surface area contributed by atoms with Gasteiger partial charge in [-0.25, -0.2) is 9.80 Å². The highest BCUT2D eigenvalue weighted by Crippen LogP contribution is 2.19. The molecule has 1 N–H and O–H groups in total.